The van der Waals surface area contributed by atoms with Crippen molar-refractivity contribution in [1.29, 1.82) is 0 Å². The topological polar surface area (TPSA) is 79.1 Å². The van der Waals surface area contributed by atoms with Crippen molar-refractivity contribution in [3.63, 3.8) is 0 Å². The lowest BCUT2D eigenvalue weighted by Crippen LogP contribution is -2.17. The van der Waals surface area contributed by atoms with Gasteiger partial charge in [0.15, 0.2) is 0 Å². The lowest BCUT2D eigenvalue weighted by atomic mass is 10.3. The maximum Gasteiger partial charge on any atom is 0.336 e. The molecule has 2 atom stereocenters. The SMILES string of the molecule is CC(=NO)C(C)P(=O)(O)OC(C)C. The molecule has 0 fully saturated rings. The molecule has 5 nitrogen and oxygen atoms in total. The van der Waals surface area contributed by atoms with Crippen molar-refractivity contribution in [2.45, 2.75) is 39.5 Å². The summed E-state index contributed by atoms with van der Waals surface area (Å²) in [6, 6.07) is 0. The van der Waals surface area contributed by atoms with E-state index in [1.165, 1.54) is 13.8 Å². The maximum atomic E-state index is 11.5. The van der Waals surface area contributed by atoms with Gasteiger partial charge in [0, 0.05) is 0 Å². The summed E-state index contributed by atoms with van der Waals surface area (Å²) >= 11 is 0. The quantitative estimate of drug-likeness (QED) is 0.320. The Labute approximate surface area is 77.9 Å². The van der Waals surface area contributed by atoms with Gasteiger partial charge >= 0.3 is 7.60 Å². The molecule has 0 saturated heterocycles. The Bertz CT molecular complexity index is 239. The van der Waals surface area contributed by atoms with E-state index in [9.17, 15) is 9.46 Å². The minimum atomic E-state index is -3.70. The van der Waals surface area contributed by atoms with E-state index < -0.39 is 13.3 Å². The predicted molar refractivity (Wildman–Crippen MR) is 50.4 cm³/mol. The van der Waals surface area contributed by atoms with Crippen LogP contribution in [0.25, 0.3) is 0 Å². The van der Waals surface area contributed by atoms with Gasteiger partial charge in [-0.25, -0.2) is 0 Å². The van der Waals surface area contributed by atoms with Crippen LogP contribution in [0.1, 0.15) is 27.7 Å². The molecular formula is C7H16NO4P. The molecule has 0 aliphatic rings. The molecule has 0 saturated carbocycles. The summed E-state index contributed by atoms with van der Waals surface area (Å²) in [5.74, 6) is 0. The van der Waals surface area contributed by atoms with Crippen LogP contribution in [-0.4, -0.2) is 27.6 Å². The van der Waals surface area contributed by atoms with Crippen molar-refractivity contribution >= 4 is 13.3 Å². The summed E-state index contributed by atoms with van der Waals surface area (Å²) < 4.78 is 16.3. The first kappa shape index (κ1) is 12.6. The molecule has 2 N–H and O–H groups in total. The minimum Gasteiger partial charge on any atom is -0.411 e. The molecule has 78 valence electrons. The van der Waals surface area contributed by atoms with Crippen LogP contribution < -0.4 is 0 Å². The van der Waals surface area contributed by atoms with E-state index in [0.717, 1.165) is 0 Å². The Morgan fingerprint density at radius 3 is 2.23 bits per heavy atom. The van der Waals surface area contributed by atoms with Gasteiger partial charge < -0.3 is 14.6 Å². The summed E-state index contributed by atoms with van der Waals surface area (Å²) in [5.41, 5.74) is -0.591. The van der Waals surface area contributed by atoms with Crippen LogP contribution in [0.4, 0.5) is 0 Å². The van der Waals surface area contributed by atoms with E-state index in [-0.39, 0.29) is 11.8 Å². The van der Waals surface area contributed by atoms with Crippen LogP contribution in [0.2, 0.25) is 0 Å². The van der Waals surface area contributed by atoms with E-state index in [1.54, 1.807) is 13.8 Å². The van der Waals surface area contributed by atoms with E-state index >= 15 is 0 Å². The van der Waals surface area contributed by atoms with E-state index in [0.29, 0.717) is 0 Å². The Morgan fingerprint density at radius 1 is 1.46 bits per heavy atom. The summed E-state index contributed by atoms with van der Waals surface area (Å²) in [6.07, 6.45) is -0.329. The highest BCUT2D eigenvalue weighted by Crippen LogP contribution is 2.48. The van der Waals surface area contributed by atoms with Gasteiger partial charge in [-0.1, -0.05) is 5.16 Å². The van der Waals surface area contributed by atoms with E-state index in [4.69, 9.17) is 9.73 Å². The first-order valence-corrected chi connectivity index (χ1v) is 5.65. The smallest absolute Gasteiger partial charge is 0.336 e. The van der Waals surface area contributed by atoms with Crippen LogP contribution >= 0.6 is 7.60 Å². The Kier molecular flexibility index (Phi) is 4.61. The molecule has 0 aromatic rings. The Balaban J connectivity index is 4.55. The van der Waals surface area contributed by atoms with Crippen molar-refractivity contribution in [2.24, 2.45) is 5.16 Å². The molecule has 0 rings (SSSR count). The van der Waals surface area contributed by atoms with Gasteiger partial charge in [0.1, 0.15) is 0 Å². The normalized spacial score (nSPS) is 20.0. The van der Waals surface area contributed by atoms with Gasteiger partial charge in [0.2, 0.25) is 0 Å². The first-order valence-electron chi connectivity index (χ1n) is 4.00. The molecule has 2 unspecified atom stereocenters. The van der Waals surface area contributed by atoms with Gasteiger partial charge in [0.05, 0.1) is 17.5 Å². The molecule has 0 aromatic heterocycles. The fraction of sp³-hybridized carbons (Fsp3) is 0.857. The highest BCUT2D eigenvalue weighted by molar-refractivity contribution is 7.54. The lowest BCUT2D eigenvalue weighted by molar-refractivity contribution is 0.202. The second kappa shape index (κ2) is 4.74. The van der Waals surface area contributed by atoms with Crippen LogP contribution in [0.5, 0.6) is 0 Å². The zero-order valence-corrected chi connectivity index (χ0v) is 9.15. The van der Waals surface area contributed by atoms with Crippen molar-refractivity contribution in [3.8, 4) is 0 Å². The highest BCUT2D eigenvalue weighted by Gasteiger charge is 2.32. The largest absolute Gasteiger partial charge is 0.411 e. The molecule has 0 heterocycles. The van der Waals surface area contributed by atoms with Gasteiger partial charge in [-0.2, -0.15) is 0 Å². The van der Waals surface area contributed by atoms with Crippen molar-refractivity contribution in [1.82, 2.24) is 0 Å². The third-order valence-corrected chi connectivity index (χ3v) is 3.69. The molecular weight excluding hydrogens is 193 g/mol. The Hall–Kier alpha value is -0.380. The molecule has 0 aromatic carbocycles. The second-order valence-electron chi connectivity index (χ2n) is 3.14. The van der Waals surface area contributed by atoms with E-state index in [1.807, 2.05) is 0 Å². The fourth-order valence-electron chi connectivity index (χ4n) is 0.713. The average Bonchev–Trinajstić information content (AvgIpc) is 1.99. The fourth-order valence-corrected chi connectivity index (χ4v) is 2.02. The van der Waals surface area contributed by atoms with Gasteiger partial charge in [0.25, 0.3) is 0 Å². The van der Waals surface area contributed by atoms with Crippen LogP contribution in [0.15, 0.2) is 5.16 Å². The van der Waals surface area contributed by atoms with Crippen molar-refractivity contribution in [2.75, 3.05) is 0 Å². The summed E-state index contributed by atoms with van der Waals surface area (Å²) in [4.78, 5) is 9.40. The molecule has 0 bridgehead atoms. The predicted octanol–water partition coefficient (Wildman–Crippen LogP) is 1.84. The number of hydrogen-bond acceptors (Lipinski definition) is 4. The van der Waals surface area contributed by atoms with Crippen molar-refractivity contribution < 1.29 is 19.2 Å². The zero-order valence-electron chi connectivity index (χ0n) is 8.26. The van der Waals surface area contributed by atoms with Crippen LogP contribution in [-0.2, 0) is 9.09 Å². The molecule has 0 spiro atoms. The first-order chi connectivity index (χ1) is 5.81. The maximum absolute atomic E-state index is 11.5. The second-order valence-corrected chi connectivity index (χ2v) is 5.25. The molecule has 6 heteroatoms. The number of hydrogen-bond donors (Lipinski definition) is 2. The Morgan fingerprint density at radius 2 is 1.92 bits per heavy atom. The monoisotopic (exact) mass is 209 g/mol. The zero-order chi connectivity index (χ0) is 10.6. The van der Waals surface area contributed by atoms with Crippen molar-refractivity contribution in [3.05, 3.63) is 0 Å². The van der Waals surface area contributed by atoms with Crippen LogP contribution in [0, 0.1) is 0 Å². The number of oxime groups is 1. The van der Waals surface area contributed by atoms with Crippen LogP contribution in [0.3, 0.4) is 0 Å². The lowest BCUT2D eigenvalue weighted by Gasteiger charge is -2.20. The minimum absolute atomic E-state index is 0.187. The van der Waals surface area contributed by atoms with Gasteiger partial charge in [-0.05, 0) is 27.7 Å². The molecule has 0 amide bonds. The summed E-state index contributed by atoms with van der Waals surface area (Å²) in [6.45, 7) is 6.29. The number of rotatable bonds is 4. The summed E-state index contributed by atoms with van der Waals surface area (Å²) in [7, 11) is -3.70. The number of nitrogens with zero attached hydrogens (tertiary/aromatic N) is 1. The average molecular weight is 209 g/mol. The van der Waals surface area contributed by atoms with Gasteiger partial charge in [-0.15, -0.1) is 0 Å². The standard InChI is InChI=1S/C7H16NO4P/c1-5(2)12-13(10,11)7(4)6(3)8-9/h5,7,9H,1-4H3,(H,10,11). The highest BCUT2D eigenvalue weighted by atomic mass is 31.2. The molecule has 0 radical (unpaired) electrons. The third kappa shape index (κ3) is 3.89. The third-order valence-electron chi connectivity index (χ3n) is 1.61. The van der Waals surface area contributed by atoms with Gasteiger partial charge in [-0.3, -0.25) is 4.57 Å². The summed E-state index contributed by atoms with van der Waals surface area (Å²) in [5, 5.41) is 11.3. The molecule has 0 aliphatic carbocycles. The molecule has 0 aliphatic heterocycles. The molecule has 13 heavy (non-hydrogen) atoms. The van der Waals surface area contributed by atoms with E-state index in [2.05, 4.69) is 5.16 Å².